The fraction of sp³-hybridized carbons (Fsp3) is 0.417. The van der Waals surface area contributed by atoms with E-state index in [1.54, 1.807) is 6.92 Å². The first-order chi connectivity index (χ1) is 7.09. The highest BCUT2D eigenvalue weighted by Gasteiger charge is 2.40. The largest absolute Gasteiger partial charge is 0.399 e. The van der Waals surface area contributed by atoms with Gasteiger partial charge < -0.3 is 10.6 Å². The van der Waals surface area contributed by atoms with Gasteiger partial charge in [-0.1, -0.05) is 6.92 Å². The van der Waals surface area contributed by atoms with Crippen LogP contribution in [0.3, 0.4) is 0 Å². The molecule has 3 nitrogen and oxygen atoms in total. The van der Waals surface area contributed by atoms with Crippen molar-refractivity contribution in [3.63, 3.8) is 0 Å². The Morgan fingerprint density at radius 2 is 1.93 bits per heavy atom. The van der Waals surface area contributed by atoms with Crippen LogP contribution in [0.5, 0.6) is 0 Å². The Morgan fingerprint density at radius 1 is 1.40 bits per heavy atom. The van der Waals surface area contributed by atoms with Gasteiger partial charge in [0.2, 0.25) is 5.91 Å². The molecule has 0 bridgehead atoms. The Morgan fingerprint density at radius 3 is 2.33 bits per heavy atom. The fourth-order valence-corrected chi connectivity index (χ4v) is 1.90. The van der Waals surface area contributed by atoms with Gasteiger partial charge in [0, 0.05) is 24.3 Å². The molecule has 2 rings (SSSR count). The molecule has 1 saturated carbocycles. The van der Waals surface area contributed by atoms with Crippen LogP contribution in [0.15, 0.2) is 24.3 Å². The number of carbonyl (C=O) groups excluding carboxylic acids is 1. The number of amides is 1. The van der Waals surface area contributed by atoms with Crippen LogP contribution in [0.2, 0.25) is 0 Å². The van der Waals surface area contributed by atoms with Gasteiger partial charge in [-0.05, 0) is 36.6 Å². The SMILES string of the molecule is CC(=O)N(c1ccc(N)cc1)C1CC1C. The molecule has 80 valence electrons. The summed E-state index contributed by atoms with van der Waals surface area (Å²) in [4.78, 5) is 13.4. The lowest BCUT2D eigenvalue weighted by Crippen LogP contribution is -2.31. The summed E-state index contributed by atoms with van der Waals surface area (Å²) in [5, 5.41) is 0. The maximum absolute atomic E-state index is 11.6. The molecule has 1 aromatic carbocycles. The third-order valence-corrected chi connectivity index (χ3v) is 2.91. The summed E-state index contributed by atoms with van der Waals surface area (Å²) >= 11 is 0. The van der Waals surface area contributed by atoms with Crippen LogP contribution in [-0.4, -0.2) is 11.9 Å². The van der Waals surface area contributed by atoms with E-state index in [1.807, 2.05) is 29.2 Å². The number of benzene rings is 1. The van der Waals surface area contributed by atoms with Crippen molar-refractivity contribution in [3.05, 3.63) is 24.3 Å². The lowest BCUT2D eigenvalue weighted by atomic mass is 10.2. The van der Waals surface area contributed by atoms with Gasteiger partial charge in [0.15, 0.2) is 0 Å². The van der Waals surface area contributed by atoms with E-state index in [1.165, 1.54) is 0 Å². The fourth-order valence-electron chi connectivity index (χ4n) is 1.90. The minimum atomic E-state index is 0.106. The zero-order valence-corrected chi connectivity index (χ0v) is 9.10. The summed E-state index contributed by atoms with van der Waals surface area (Å²) in [6.07, 6.45) is 1.10. The first-order valence-electron chi connectivity index (χ1n) is 5.25. The van der Waals surface area contributed by atoms with Crippen molar-refractivity contribution in [3.8, 4) is 0 Å². The summed E-state index contributed by atoms with van der Waals surface area (Å²) in [5.74, 6) is 0.723. The Kier molecular flexibility index (Phi) is 2.39. The average Bonchev–Trinajstić information content (AvgIpc) is 2.86. The molecular weight excluding hydrogens is 188 g/mol. The van der Waals surface area contributed by atoms with Gasteiger partial charge in [-0.25, -0.2) is 0 Å². The zero-order valence-electron chi connectivity index (χ0n) is 9.10. The van der Waals surface area contributed by atoms with Crippen molar-refractivity contribution in [1.29, 1.82) is 0 Å². The van der Waals surface area contributed by atoms with Gasteiger partial charge in [-0.3, -0.25) is 4.79 Å². The third-order valence-electron chi connectivity index (χ3n) is 2.91. The summed E-state index contributed by atoms with van der Waals surface area (Å²) in [7, 11) is 0. The first kappa shape index (κ1) is 10.0. The molecule has 1 aliphatic rings. The Labute approximate surface area is 89.9 Å². The predicted octanol–water partition coefficient (Wildman–Crippen LogP) is 2.03. The molecule has 1 fully saturated rings. The molecule has 0 spiro atoms. The Bertz CT molecular complexity index is 372. The van der Waals surface area contributed by atoms with E-state index in [4.69, 9.17) is 5.73 Å². The molecule has 0 saturated heterocycles. The number of rotatable bonds is 2. The van der Waals surface area contributed by atoms with Gasteiger partial charge in [-0.2, -0.15) is 0 Å². The minimum Gasteiger partial charge on any atom is -0.399 e. The summed E-state index contributed by atoms with van der Waals surface area (Å²) in [6.45, 7) is 3.78. The molecule has 0 aromatic heterocycles. The smallest absolute Gasteiger partial charge is 0.224 e. The van der Waals surface area contributed by atoms with Crippen molar-refractivity contribution in [2.45, 2.75) is 26.3 Å². The standard InChI is InChI=1S/C12H16N2O/c1-8-7-12(8)14(9(2)15)11-5-3-10(13)4-6-11/h3-6,8,12H,7,13H2,1-2H3. The molecule has 2 unspecified atom stereocenters. The van der Waals surface area contributed by atoms with Crippen LogP contribution in [0.4, 0.5) is 11.4 Å². The highest BCUT2D eigenvalue weighted by atomic mass is 16.2. The van der Waals surface area contributed by atoms with Crippen LogP contribution in [0.1, 0.15) is 20.3 Å². The van der Waals surface area contributed by atoms with E-state index in [2.05, 4.69) is 6.92 Å². The molecule has 0 heterocycles. The van der Waals surface area contributed by atoms with E-state index < -0.39 is 0 Å². The number of hydrogen-bond donors (Lipinski definition) is 1. The van der Waals surface area contributed by atoms with Crippen LogP contribution < -0.4 is 10.6 Å². The van der Waals surface area contributed by atoms with E-state index >= 15 is 0 Å². The predicted molar refractivity (Wildman–Crippen MR) is 61.6 cm³/mol. The number of nitrogens with zero attached hydrogens (tertiary/aromatic N) is 1. The topological polar surface area (TPSA) is 46.3 Å². The highest BCUT2D eigenvalue weighted by Crippen LogP contribution is 2.38. The van der Waals surface area contributed by atoms with Crippen LogP contribution >= 0.6 is 0 Å². The highest BCUT2D eigenvalue weighted by molar-refractivity contribution is 5.92. The van der Waals surface area contributed by atoms with Crippen molar-refractivity contribution in [2.75, 3.05) is 10.6 Å². The second-order valence-electron chi connectivity index (χ2n) is 4.26. The number of nitrogen functional groups attached to an aromatic ring is 1. The van der Waals surface area contributed by atoms with Gasteiger partial charge in [0.05, 0.1) is 0 Å². The van der Waals surface area contributed by atoms with Crippen LogP contribution in [0, 0.1) is 5.92 Å². The second-order valence-corrected chi connectivity index (χ2v) is 4.26. The summed E-state index contributed by atoms with van der Waals surface area (Å²) in [6, 6.07) is 7.85. The van der Waals surface area contributed by atoms with E-state index in [-0.39, 0.29) is 5.91 Å². The average molecular weight is 204 g/mol. The van der Waals surface area contributed by atoms with Crippen LogP contribution in [0.25, 0.3) is 0 Å². The summed E-state index contributed by atoms with van der Waals surface area (Å²) in [5.41, 5.74) is 7.30. The number of anilines is 2. The lowest BCUT2D eigenvalue weighted by molar-refractivity contribution is -0.116. The van der Waals surface area contributed by atoms with Crippen molar-refractivity contribution in [1.82, 2.24) is 0 Å². The zero-order chi connectivity index (χ0) is 11.0. The Balaban J connectivity index is 2.25. The maximum atomic E-state index is 11.6. The normalized spacial score (nSPS) is 23.6. The molecule has 3 heteroatoms. The monoisotopic (exact) mass is 204 g/mol. The molecule has 2 N–H and O–H groups in total. The first-order valence-corrected chi connectivity index (χ1v) is 5.25. The molecule has 15 heavy (non-hydrogen) atoms. The van der Waals surface area contributed by atoms with E-state index in [9.17, 15) is 4.79 Å². The quantitative estimate of drug-likeness (QED) is 0.749. The number of hydrogen-bond acceptors (Lipinski definition) is 2. The van der Waals surface area contributed by atoms with Crippen molar-refractivity contribution in [2.24, 2.45) is 5.92 Å². The molecule has 0 aliphatic heterocycles. The van der Waals surface area contributed by atoms with Crippen molar-refractivity contribution >= 4 is 17.3 Å². The molecule has 2 atom stereocenters. The van der Waals surface area contributed by atoms with E-state index in [0.717, 1.165) is 17.8 Å². The third kappa shape index (κ3) is 1.96. The minimum absolute atomic E-state index is 0.106. The summed E-state index contributed by atoms with van der Waals surface area (Å²) < 4.78 is 0. The van der Waals surface area contributed by atoms with Crippen molar-refractivity contribution < 1.29 is 4.79 Å². The van der Waals surface area contributed by atoms with Gasteiger partial charge in [-0.15, -0.1) is 0 Å². The molecule has 1 amide bonds. The number of nitrogens with two attached hydrogens (primary N) is 1. The lowest BCUT2D eigenvalue weighted by Gasteiger charge is -2.21. The number of carbonyl (C=O) groups is 1. The molecule has 1 aliphatic carbocycles. The molecule has 0 radical (unpaired) electrons. The Hall–Kier alpha value is -1.51. The van der Waals surface area contributed by atoms with Gasteiger partial charge >= 0.3 is 0 Å². The molecular formula is C12H16N2O. The second kappa shape index (κ2) is 3.57. The molecule has 1 aromatic rings. The van der Waals surface area contributed by atoms with Crippen LogP contribution in [-0.2, 0) is 4.79 Å². The van der Waals surface area contributed by atoms with Gasteiger partial charge in [0.1, 0.15) is 0 Å². The maximum Gasteiger partial charge on any atom is 0.224 e. The van der Waals surface area contributed by atoms with Gasteiger partial charge in [0.25, 0.3) is 0 Å². The van der Waals surface area contributed by atoms with E-state index in [0.29, 0.717) is 12.0 Å².